The maximum atomic E-state index is 5.96. The summed E-state index contributed by atoms with van der Waals surface area (Å²) in [7, 11) is 0. The highest BCUT2D eigenvalue weighted by molar-refractivity contribution is 7.99. The van der Waals surface area contributed by atoms with E-state index in [-0.39, 0.29) is 12.4 Å². The monoisotopic (exact) mass is 441 g/mol. The number of hydrogen-bond acceptors (Lipinski definition) is 6. The molecule has 0 saturated heterocycles. The van der Waals surface area contributed by atoms with E-state index >= 15 is 0 Å². The molecule has 0 spiro atoms. The Morgan fingerprint density at radius 1 is 1.03 bits per heavy atom. The van der Waals surface area contributed by atoms with Crippen LogP contribution < -0.4 is 10.1 Å². The van der Waals surface area contributed by atoms with Crippen molar-refractivity contribution < 1.29 is 4.74 Å². The van der Waals surface area contributed by atoms with Crippen molar-refractivity contribution in [3.05, 3.63) is 89.6 Å². The minimum Gasteiger partial charge on any atom is -0.487 e. The zero-order valence-electron chi connectivity index (χ0n) is 15.7. The summed E-state index contributed by atoms with van der Waals surface area (Å²) in [5.74, 6) is 1.51. The molecule has 4 nitrogen and oxygen atoms in total. The molecule has 7 heteroatoms. The summed E-state index contributed by atoms with van der Waals surface area (Å²) >= 11 is 3.22. The second kappa shape index (κ2) is 10.3. The summed E-state index contributed by atoms with van der Waals surface area (Å²) in [5, 5.41) is 6.18. The summed E-state index contributed by atoms with van der Waals surface area (Å²) in [6.07, 6.45) is 1.75. The average Bonchev–Trinajstić information content (AvgIpc) is 3.14. The Balaban J connectivity index is 0.00000240. The molecule has 0 aliphatic carbocycles. The molecule has 2 aromatic carbocycles. The third kappa shape index (κ3) is 5.97. The van der Waals surface area contributed by atoms with Gasteiger partial charge in [-0.2, -0.15) is 0 Å². The van der Waals surface area contributed by atoms with Crippen LogP contribution in [-0.2, 0) is 6.61 Å². The molecular weight excluding hydrogens is 422 g/mol. The number of aromatic nitrogens is 2. The Hall–Kier alpha value is -2.54. The first-order valence-corrected chi connectivity index (χ1v) is 10.5. The third-order valence-corrected chi connectivity index (χ3v) is 5.81. The number of thiazole rings is 1. The van der Waals surface area contributed by atoms with Crippen molar-refractivity contribution in [2.75, 3.05) is 5.32 Å². The zero-order valence-corrected chi connectivity index (χ0v) is 18.2. The van der Waals surface area contributed by atoms with Gasteiger partial charge >= 0.3 is 0 Å². The first-order chi connectivity index (χ1) is 13.8. The minimum absolute atomic E-state index is 0. The molecule has 4 aromatic rings. The van der Waals surface area contributed by atoms with Gasteiger partial charge in [-0.3, -0.25) is 0 Å². The molecule has 1 N–H and O–H groups in total. The summed E-state index contributed by atoms with van der Waals surface area (Å²) in [6.45, 7) is 2.49. The number of anilines is 2. The van der Waals surface area contributed by atoms with Crippen LogP contribution in [0.5, 0.6) is 5.75 Å². The fourth-order valence-corrected chi connectivity index (χ4v) is 4.16. The van der Waals surface area contributed by atoms with Crippen molar-refractivity contribution in [2.24, 2.45) is 0 Å². The SMILES string of the molecule is Cc1csc(Nc2ncc(OCc3ccccc3)cc2Sc2ccccc2)n1.Cl. The van der Waals surface area contributed by atoms with Gasteiger partial charge in [0.05, 0.1) is 16.8 Å². The van der Waals surface area contributed by atoms with Gasteiger partial charge in [-0.1, -0.05) is 60.3 Å². The molecule has 0 fully saturated rings. The lowest BCUT2D eigenvalue weighted by Crippen LogP contribution is -1.99. The van der Waals surface area contributed by atoms with E-state index in [4.69, 9.17) is 4.74 Å². The van der Waals surface area contributed by atoms with Gasteiger partial charge in [-0.15, -0.1) is 23.7 Å². The van der Waals surface area contributed by atoms with E-state index in [2.05, 4.69) is 27.4 Å². The number of rotatable bonds is 7. The number of nitrogens with one attached hydrogen (secondary N) is 1. The number of pyridine rings is 1. The molecule has 29 heavy (non-hydrogen) atoms. The van der Waals surface area contributed by atoms with Crippen LogP contribution in [0.4, 0.5) is 10.9 Å². The Labute approximate surface area is 184 Å². The second-order valence-electron chi connectivity index (χ2n) is 6.13. The smallest absolute Gasteiger partial charge is 0.188 e. The molecule has 4 rings (SSSR count). The average molecular weight is 442 g/mol. The summed E-state index contributed by atoms with van der Waals surface area (Å²) in [4.78, 5) is 11.2. The van der Waals surface area contributed by atoms with Crippen molar-refractivity contribution in [1.82, 2.24) is 9.97 Å². The number of ether oxygens (including phenoxy) is 1. The lowest BCUT2D eigenvalue weighted by Gasteiger charge is -2.12. The molecule has 0 saturated carbocycles. The lowest BCUT2D eigenvalue weighted by molar-refractivity contribution is 0.304. The molecule has 0 radical (unpaired) electrons. The fourth-order valence-electron chi connectivity index (χ4n) is 2.55. The predicted octanol–water partition coefficient (Wildman–Crippen LogP) is 6.74. The van der Waals surface area contributed by atoms with Crippen molar-refractivity contribution in [1.29, 1.82) is 0 Å². The second-order valence-corrected chi connectivity index (χ2v) is 8.10. The highest BCUT2D eigenvalue weighted by atomic mass is 35.5. The van der Waals surface area contributed by atoms with Crippen LogP contribution in [0.15, 0.2) is 88.1 Å². The Kier molecular flexibility index (Phi) is 7.52. The van der Waals surface area contributed by atoms with E-state index in [9.17, 15) is 0 Å². The number of aryl methyl sites for hydroxylation is 1. The van der Waals surface area contributed by atoms with E-state index in [1.807, 2.05) is 66.9 Å². The van der Waals surface area contributed by atoms with Crippen LogP contribution in [0.1, 0.15) is 11.3 Å². The third-order valence-electron chi connectivity index (χ3n) is 3.89. The maximum Gasteiger partial charge on any atom is 0.188 e. The van der Waals surface area contributed by atoms with E-state index in [0.717, 1.165) is 37.7 Å². The van der Waals surface area contributed by atoms with Crippen LogP contribution in [0.25, 0.3) is 0 Å². The van der Waals surface area contributed by atoms with Crippen molar-refractivity contribution in [2.45, 2.75) is 23.3 Å². The predicted molar refractivity (Wildman–Crippen MR) is 123 cm³/mol. The van der Waals surface area contributed by atoms with E-state index in [1.54, 1.807) is 29.3 Å². The quantitative estimate of drug-likeness (QED) is 0.344. The van der Waals surface area contributed by atoms with Gasteiger partial charge in [-0.25, -0.2) is 9.97 Å². The first-order valence-electron chi connectivity index (χ1n) is 8.85. The molecule has 2 aromatic heterocycles. The molecule has 0 bridgehead atoms. The first kappa shape index (κ1) is 21.2. The van der Waals surface area contributed by atoms with E-state index in [1.165, 1.54) is 0 Å². The number of halogens is 1. The van der Waals surface area contributed by atoms with Gasteiger partial charge in [0.1, 0.15) is 18.2 Å². The standard InChI is InChI=1S/C22H19N3OS2.ClH/c1-16-15-27-22(24-16)25-21-20(28-19-10-6-3-7-11-19)12-18(13-23-21)26-14-17-8-4-2-5-9-17;/h2-13,15H,14H2,1H3,(H,23,24,25);1H. The molecule has 0 unspecified atom stereocenters. The highest BCUT2D eigenvalue weighted by Gasteiger charge is 2.11. The minimum atomic E-state index is 0. The van der Waals surface area contributed by atoms with Gasteiger partial charge in [-0.05, 0) is 30.7 Å². The number of hydrogen-bond donors (Lipinski definition) is 1. The molecule has 2 heterocycles. The summed E-state index contributed by atoms with van der Waals surface area (Å²) < 4.78 is 5.96. The van der Waals surface area contributed by atoms with Crippen molar-refractivity contribution >= 4 is 46.5 Å². The van der Waals surface area contributed by atoms with Crippen LogP contribution in [-0.4, -0.2) is 9.97 Å². The number of benzene rings is 2. The normalized spacial score (nSPS) is 10.2. The molecule has 0 atom stereocenters. The highest BCUT2D eigenvalue weighted by Crippen LogP contribution is 2.36. The van der Waals surface area contributed by atoms with Crippen LogP contribution in [0, 0.1) is 6.92 Å². The molecular formula is C22H20ClN3OS2. The van der Waals surface area contributed by atoms with Crippen LogP contribution in [0.3, 0.4) is 0 Å². The summed E-state index contributed by atoms with van der Waals surface area (Å²) in [6, 6.07) is 22.4. The molecule has 0 aliphatic heterocycles. The summed E-state index contributed by atoms with van der Waals surface area (Å²) in [5.41, 5.74) is 2.12. The van der Waals surface area contributed by atoms with Crippen LogP contribution >= 0.6 is 35.5 Å². The van der Waals surface area contributed by atoms with Gasteiger partial charge in [0, 0.05) is 10.3 Å². The fraction of sp³-hybridized carbons (Fsp3) is 0.0909. The van der Waals surface area contributed by atoms with Crippen molar-refractivity contribution in [3.63, 3.8) is 0 Å². The topological polar surface area (TPSA) is 47.0 Å². The Morgan fingerprint density at radius 2 is 1.76 bits per heavy atom. The molecule has 0 aliphatic rings. The van der Waals surface area contributed by atoms with Gasteiger partial charge in [0.2, 0.25) is 0 Å². The largest absolute Gasteiger partial charge is 0.487 e. The molecule has 148 valence electrons. The Bertz CT molecular complexity index is 1040. The van der Waals surface area contributed by atoms with E-state index < -0.39 is 0 Å². The maximum absolute atomic E-state index is 5.96. The zero-order chi connectivity index (χ0) is 19.2. The van der Waals surface area contributed by atoms with Gasteiger partial charge in [0.15, 0.2) is 5.13 Å². The van der Waals surface area contributed by atoms with Gasteiger partial charge < -0.3 is 10.1 Å². The van der Waals surface area contributed by atoms with Gasteiger partial charge in [0.25, 0.3) is 0 Å². The Morgan fingerprint density at radius 3 is 2.45 bits per heavy atom. The molecule has 0 amide bonds. The lowest BCUT2D eigenvalue weighted by atomic mass is 10.2. The van der Waals surface area contributed by atoms with Crippen molar-refractivity contribution in [3.8, 4) is 5.75 Å². The number of nitrogens with zero attached hydrogens (tertiary/aromatic N) is 2. The van der Waals surface area contributed by atoms with Crippen LogP contribution in [0.2, 0.25) is 0 Å². The van der Waals surface area contributed by atoms with E-state index in [0.29, 0.717) is 6.61 Å².